The highest BCUT2D eigenvalue weighted by Crippen LogP contribution is 2.22. The van der Waals surface area contributed by atoms with E-state index in [9.17, 15) is 4.79 Å². The van der Waals surface area contributed by atoms with E-state index in [0.717, 1.165) is 6.42 Å². The van der Waals surface area contributed by atoms with Crippen LogP contribution in [0.25, 0.3) is 0 Å². The van der Waals surface area contributed by atoms with Gasteiger partial charge in [0.25, 0.3) is 0 Å². The fourth-order valence-electron chi connectivity index (χ4n) is 1.41. The lowest BCUT2D eigenvalue weighted by Gasteiger charge is -2.08. The Morgan fingerprint density at radius 3 is 2.68 bits per heavy atom. The molecule has 0 amide bonds. The summed E-state index contributed by atoms with van der Waals surface area (Å²) in [6.07, 6.45) is 0.763. The van der Waals surface area contributed by atoms with Crippen molar-refractivity contribution in [3.05, 3.63) is 33.8 Å². The maximum atomic E-state index is 11.6. The number of carbonyl (C=O) groups excluding carboxylic acids is 1. The molecule has 0 fully saturated rings. The maximum Gasteiger partial charge on any atom is 0.312 e. The van der Waals surface area contributed by atoms with Crippen molar-refractivity contribution in [2.75, 3.05) is 13.7 Å². The fourth-order valence-corrected chi connectivity index (χ4v) is 1.93. The maximum absolute atomic E-state index is 11.6. The van der Waals surface area contributed by atoms with E-state index in [-0.39, 0.29) is 12.4 Å². The van der Waals surface area contributed by atoms with Gasteiger partial charge in [-0.1, -0.05) is 41.3 Å². The van der Waals surface area contributed by atoms with Crippen LogP contribution in [0.15, 0.2) is 23.4 Å². The van der Waals surface area contributed by atoms with Crippen LogP contribution in [0.5, 0.6) is 0 Å². The number of carbonyl (C=O) groups is 1. The van der Waals surface area contributed by atoms with Gasteiger partial charge >= 0.3 is 5.97 Å². The molecule has 6 heteroatoms. The van der Waals surface area contributed by atoms with E-state index in [1.54, 1.807) is 18.2 Å². The van der Waals surface area contributed by atoms with Crippen molar-refractivity contribution in [2.45, 2.75) is 19.8 Å². The molecular weight excluding hydrogens is 289 g/mol. The average molecular weight is 304 g/mol. The molecule has 0 unspecified atom stereocenters. The molecule has 1 rings (SSSR count). The zero-order chi connectivity index (χ0) is 14.3. The van der Waals surface area contributed by atoms with Gasteiger partial charge in [0.15, 0.2) is 0 Å². The van der Waals surface area contributed by atoms with Crippen LogP contribution in [0.3, 0.4) is 0 Å². The van der Waals surface area contributed by atoms with Gasteiger partial charge in [-0.3, -0.25) is 4.79 Å². The highest BCUT2D eigenvalue weighted by molar-refractivity contribution is 6.37. The summed E-state index contributed by atoms with van der Waals surface area (Å²) in [5.41, 5.74) is 1.01. The molecule has 104 valence electrons. The summed E-state index contributed by atoms with van der Waals surface area (Å²) >= 11 is 11.9. The fraction of sp³-hybridized carbons (Fsp3) is 0.385. The molecule has 0 aliphatic heterocycles. The van der Waals surface area contributed by atoms with Gasteiger partial charge in [0.05, 0.1) is 23.8 Å². The molecule has 0 heterocycles. The third-order valence-corrected chi connectivity index (χ3v) is 2.77. The van der Waals surface area contributed by atoms with E-state index in [4.69, 9.17) is 32.8 Å². The number of benzene rings is 1. The Hall–Kier alpha value is -1.26. The van der Waals surface area contributed by atoms with E-state index in [1.807, 2.05) is 6.92 Å². The topological polar surface area (TPSA) is 47.9 Å². The second kappa shape index (κ2) is 8.02. The van der Waals surface area contributed by atoms with Crippen LogP contribution >= 0.6 is 23.2 Å². The Bertz CT molecular complexity index is 475. The Balaban J connectivity index is 2.89. The molecular formula is C13H15Cl2NO3. The lowest BCUT2D eigenvalue weighted by Crippen LogP contribution is -2.13. The monoisotopic (exact) mass is 303 g/mol. The molecule has 1 aromatic rings. The van der Waals surface area contributed by atoms with Gasteiger partial charge < -0.3 is 9.57 Å². The van der Waals surface area contributed by atoms with Gasteiger partial charge in [-0.15, -0.1) is 0 Å². The summed E-state index contributed by atoms with van der Waals surface area (Å²) in [6.45, 7) is 2.31. The Morgan fingerprint density at radius 2 is 2.11 bits per heavy atom. The third kappa shape index (κ3) is 5.09. The largest absolute Gasteiger partial charge is 0.465 e. The molecule has 0 aliphatic rings. The quantitative estimate of drug-likeness (QED) is 0.457. The molecule has 0 N–H and O–H groups in total. The standard InChI is InChI=1S/C13H15Cl2NO3/c1-3-6-19-13(17)8-12(16-18-2)10-5-4-9(14)7-11(10)15/h4-5,7H,3,6,8H2,1-2H3. The number of halogens is 2. The first-order valence-electron chi connectivity index (χ1n) is 5.79. The van der Waals surface area contributed by atoms with Gasteiger partial charge in [0.1, 0.15) is 7.11 Å². The first-order chi connectivity index (χ1) is 9.08. The third-order valence-electron chi connectivity index (χ3n) is 2.22. The van der Waals surface area contributed by atoms with Crippen molar-refractivity contribution in [1.29, 1.82) is 0 Å². The number of rotatable bonds is 6. The molecule has 0 radical (unpaired) electrons. The second-order valence-electron chi connectivity index (χ2n) is 3.74. The highest BCUT2D eigenvalue weighted by atomic mass is 35.5. The molecule has 0 saturated carbocycles. The Morgan fingerprint density at radius 1 is 1.37 bits per heavy atom. The first-order valence-corrected chi connectivity index (χ1v) is 6.55. The molecule has 1 aromatic carbocycles. The van der Waals surface area contributed by atoms with E-state index in [0.29, 0.717) is 27.9 Å². The molecule has 0 saturated heterocycles. The molecule has 0 spiro atoms. The smallest absolute Gasteiger partial charge is 0.312 e. The van der Waals surface area contributed by atoms with E-state index in [1.165, 1.54) is 7.11 Å². The van der Waals surface area contributed by atoms with Crippen LogP contribution in [-0.2, 0) is 14.4 Å². The highest BCUT2D eigenvalue weighted by Gasteiger charge is 2.15. The molecule has 0 atom stereocenters. The van der Waals surface area contributed by atoms with Gasteiger partial charge in [0, 0.05) is 10.6 Å². The molecule has 4 nitrogen and oxygen atoms in total. The summed E-state index contributed by atoms with van der Waals surface area (Å²) in [5, 5.41) is 4.74. The molecule has 0 bridgehead atoms. The number of hydrogen-bond donors (Lipinski definition) is 0. The minimum absolute atomic E-state index is 0.00477. The molecule has 19 heavy (non-hydrogen) atoms. The van der Waals surface area contributed by atoms with E-state index >= 15 is 0 Å². The summed E-state index contributed by atoms with van der Waals surface area (Å²) < 4.78 is 5.01. The molecule has 0 aromatic heterocycles. The molecule has 0 aliphatic carbocycles. The van der Waals surface area contributed by atoms with E-state index < -0.39 is 0 Å². The van der Waals surface area contributed by atoms with Gasteiger partial charge in [-0.25, -0.2) is 0 Å². The summed E-state index contributed by atoms with van der Waals surface area (Å²) in [4.78, 5) is 16.3. The number of esters is 1. The van der Waals surface area contributed by atoms with Gasteiger partial charge in [-0.05, 0) is 18.6 Å². The summed E-state index contributed by atoms with van der Waals surface area (Å²) in [7, 11) is 1.40. The van der Waals surface area contributed by atoms with Crippen LogP contribution < -0.4 is 0 Å². The minimum Gasteiger partial charge on any atom is -0.465 e. The normalized spacial score (nSPS) is 11.3. The van der Waals surface area contributed by atoms with Crippen LogP contribution in [0, 0.1) is 0 Å². The average Bonchev–Trinajstić information content (AvgIpc) is 2.36. The number of oxime groups is 1. The zero-order valence-electron chi connectivity index (χ0n) is 10.8. The SMILES string of the molecule is CCCOC(=O)CC(=NOC)c1ccc(Cl)cc1Cl. The number of ether oxygens (including phenoxy) is 1. The van der Waals surface area contributed by atoms with Gasteiger partial charge in [-0.2, -0.15) is 0 Å². The predicted molar refractivity (Wildman–Crippen MR) is 75.9 cm³/mol. The van der Waals surface area contributed by atoms with Crippen molar-refractivity contribution < 1.29 is 14.4 Å². The number of nitrogens with zero attached hydrogens (tertiary/aromatic N) is 1. The predicted octanol–water partition coefficient (Wildman–Crippen LogP) is 3.69. The van der Waals surface area contributed by atoms with Crippen molar-refractivity contribution in [3.8, 4) is 0 Å². The summed E-state index contributed by atoms with van der Waals surface area (Å²) in [6, 6.07) is 4.95. The van der Waals surface area contributed by atoms with Crippen LogP contribution in [-0.4, -0.2) is 25.4 Å². The van der Waals surface area contributed by atoms with Crippen LogP contribution in [0.1, 0.15) is 25.3 Å². The number of hydrogen-bond acceptors (Lipinski definition) is 4. The van der Waals surface area contributed by atoms with Crippen molar-refractivity contribution in [2.24, 2.45) is 5.16 Å². The Kier molecular flexibility index (Phi) is 6.67. The minimum atomic E-state index is -0.372. The second-order valence-corrected chi connectivity index (χ2v) is 4.59. The first kappa shape index (κ1) is 15.8. The van der Waals surface area contributed by atoms with Gasteiger partial charge in [0.2, 0.25) is 0 Å². The zero-order valence-corrected chi connectivity index (χ0v) is 12.3. The lowest BCUT2D eigenvalue weighted by atomic mass is 10.1. The van der Waals surface area contributed by atoms with Crippen LogP contribution in [0.4, 0.5) is 0 Å². The Labute approximate surface area is 122 Å². The van der Waals surface area contributed by atoms with E-state index in [2.05, 4.69) is 5.16 Å². The van der Waals surface area contributed by atoms with Crippen LogP contribution in [0.2, 0.25) is 10.0 Å². The van der Waals surface area contributed by atoms with Crippen molar-refractivity contribution >= 4 is 34.9 Å². The van der Waals surface area contributed by atoms with Crippen molar-refractivity contribution in [3.63, 3.8) is 0 Å². The summed E-state index contributed by atoms with van der Waals surface area (Å²) in [5.74, 6) is -0.372. The lowest BCUT2D eigenvalue weighted by molar-refractivity contribution is -0.142. The van der Waals surface area contributed by atoms with Crippen molar-refractivity contribution in [1.82, 2.24) is 0 Å².